The van der Waals surface area contributed by atoms with Gasteiger partial charge in [-0.15, -0.1) is 0 Å². The van der Waals surface area contributed by atoms with Crippen molar-refractivity contribution in [3.8, 4) is 22.8 Å². The molecular formula is C36H46N6O3. The Hall–Kier alpha value is -4.21. The molecule has 5 rings (SSSR count). The van der Waals surface area contributed by atoms with Gasteiger partial charge < -0.3 is 25.1 Å². The van der Waals surface area contributed by atoms with E-state index in [2.05, 4.69) is 31.1 Å². The van der Waals surface area contributed by atoms with Crippen LogP contribution in [0.1, 0.15) is 58.1 Å². The van der Waals surface area contributed by atoms with Gasteiger partial charge in [-0.25, -0.2) is 4.68 Å². The normalized spacial score (nSPS) is 19.0. The fourth-order valence-electron chi connectivity index (χ4n) is 5.79. The Kier molecular flexibility index (Phi) is 10.9. The number of rotatable bonds is 12. The van der Waals surface area contributed by atoms with E-state index >= 15 is 0 Å². The third-order valence-corrected chi connectivity index (χ3v) is 8.64. The topological polar surface area (TPSA) is 95.7 Å². The van der Waals surface area contributed by atoms with Crippen molar-refractivity contribution in [2.24, 2.45) is 0 Å². The van der Waals surface area contributed by atoms with E-state index in [0.717, 1.165) is 79.6 Å². The fraction of sp³-hybridized carbons (Fsp3) is 0.417. The second-order valence-corrected chi connectivity index (χ2v) is 12.0. The van der Waals surface area contributed by atoms with Gasteiger partial charge in [0.05, 0.1) is 18.2 Å². The van der Waals surface area contributed by atoms with Gasteiger partial charge in [-0.3, -0.25) is 9.69 Å². The quantitative estimate of drug-likeness (QED) is 0.171. The monoisotopic (exact) mass is 610 g/mol. The number of allylic oxidation sites excluding steroid dienone is 1. The summed E-state index contributed by atoms with van der Waals surface area (Å²) < 4.78 is 13.5. The Labute approximate surface area is 267 Å². The molecule has 0 spiro atoms. The van der Waals surface area contributed by atoms with E-state index in [1.807, 2.05) is 76.5 Å². The molecule has 3 aromatic rings. The summed E-state index contributed by atoms with van der Waals surface area (Å²) in [5.41, 5.74) is 4.02. The lowest BCUT2D eigenvalue weighted by atomic mass is 10.0. The Morgan fingerprint density at radius 1 is 1.13 bits per heavy atom. The van der Waals surface area contributed by atoms with Crippen LogP contribution < -0.4 is 10.1 Å². The zero-order valence-electron chi connectivity index (χ0n) is 27.0. The van der Waals surface area contributed by atoms with Crippen LogP contribution in [0.15, 0.2) is 78.5 Å². The zero-order chi connectivity index (χ0) is 31.8. The third kappa shape index (κ3) is 8.09. The number of carbonyl (C=O) groups is 1. The molecule has 2 atom stereocenters. The average Bonchev–Trinajstić information content (AvgIpc) is 3.74. The van der Waals surface area contributed by atoms with Crippen molar-refractivity contribution >= 4 is 17.4 Å². The predicted octanol–water partition coefficient (Wildman–Crippen LogP) is 6.90. The molecule has 9 nitrogen and oxygen atoms in total. The fourth-order valence-corrected chi connectivity index (χ4v) is 5.79. The molecule has 2 fully saturated rings. The first-order chi connectivity index (χ1) is 21.8. The van der Waals surface area contributed by atoms with Gasteiger partial charge in [0.15, 0.2) is 0 Å². The maximum Gasteiger partial charge on any atom is 0.246 e. The molecule has 3 heterocycles. The SMILES string of the molecule is CCC(C)=CNc1c(C(C)=N)c(-c2ccc(Oc3ccccc3)cc2)nn1C1CCCN(C(=O)C=CCN(C)C2CCOC2)C1. The number of nitrogens with zero attached hydrogens (tertiary/aromatic N) is 4. The smallest absolute Gasteiger partial charge is 0.246 e. The van der Waals surface area contributed by atoms with Gasteiger partial charge >= 0.3 is 0 Å². The highest BCUT2D eigenvalue weighted by Gasteiger charge is 2.30. The van der Waals surface area contributed by atoms with Crippen molar-refractivity contribution in [1.29, 1.82) is 5.41 Å². The van der Waals surface area contributed by atoms with E-state index in [9.17, 15) is 4.79 Å². The summed E-state index contributed by atoms with van der Waals surface area (Å²) in [5.74, 6) is 2.31. The minimum Gasteiger partial charge on any atom is -0.457 e. The number of benzene rings is 2. The highest BCUT2D eigenvalue weighted by Crippen LogP contribution is 2.35. The number of aromatic nitrogens is 2. The number of piperidine rings is 1. The Bertz CT molecular complexity index is 1510. The summed E-state index contributed by atoms with van der Waals surface area (Å²) in [6, 6.07) is 17.9. The van der Waals surface area contributed by atoms with Crippen LogP contribution in [-0.2, 0) is 9.53 Å². The molecular weight excluding hydrogens is 564 g/mol. The molecule has 2 aliphatic rings. The Morgan fingerprint density at radius 3 is 2.58 bits per heavy atom. The summed E-state index contributed by atoms with van der Waals surface area (Å²) in [6.45, 7) is 9.56. The van der Waals surface area contributed by atoms with Crippen LogP contribution in [0.5, 0.6) is 11.5 Å². The Morgan fingerprint density at radius 2 is 1.89 bits per heavy atom. The van der Waals surface area contributed by atoms with Gasteiger partial charge in [-0.2, -0.15) is 5.10 Å². The average molecular weight is 611 g/mol. The number of anilines is 1. The molecule has 45 heavy (non-hydrogen) atoms. The van der Waals surface area contributed by atoms with Gasteiger partial charge in [0.25, 0.3) is 0 Å². The van der Waals surface area contributed by atoms with Crippen LogP contribution in [0.3, 0.4) is 0 Å². The van der Waals surface area contributed by atoms with Crippen molar-refractivity contribution in [3.05, 3.63) is 84.1 Å². The maximum absolute atomic E-state index is 13.3. The van der Waals surface area contributed by atoms with Crippen LogP contribution in [0.4, 0.5) is 5.82 Å². The number of likely N-dealkylation sites (tertiary alicyclic amines) is 1. The summed E-state index contributed by atoms with van der Waals surface area (Å²) in [4.78, 5) is 17.4. The maximum atomic E-state index is 13.3. The number of para-hydroxylation sites is 1. The van der Waals surface area contributed by atoms with Crippen molar-refractivity contribution in [2.45, 2.75) is 58.5 Å². The minimum absolute atomic E-state index is 0.0249. The first-order valence-corrected chi connectivity index (χ1v) is 16.0. The molecule has 238 valence electrons. The molecule has 0 saturated carbocycles. The molecule has 0 radical (unpaired) electrons. The van der Waals surface area contributed by atoms with Gasteiger partial charge in [0.1, 0.15) is 23.0 Å². The predicted molar refractivity (Wildman–Crippen MR) is 180 cm³/mol. The van der Waals surface area contributed by atoms with Gasteiger partial charge in [0.2, 0.25) is 5.91 Å². The number of likely N-dealkylation sites (N-methyl/N-ethyl adjacent to an activating group) is 1. The van der Waals surface area contributed by atoms with Gasteiger partial charge in [-0.1, -0.05) is 36.8 Å². The second-order valence-electron chi connectivity index (χ2n) is 12.0. The molecule has 2 aromatic carbocycles. The van der Waals surface area contributed by atoms with E-state index in [1.165, 1.54) is 5.57 Å². The summed E-state index contributed by atoms with van der Waals surface area (Å²) >= 11 is 0. The van der Waals surface area contributed by atoms with Crippen LogP contribution in [-0.4, -0.2) is 77.1 Å². The van der Waals surface area contributed by atoms with E-state index in [0.29, 0.717) is 24.8 Å². The number of amides is 1. The van der Waals surface area contributed by atoms with Crippen LogP contribution >= 0.6 is 0 Å². The lowest BCUT2D eigenvalue weighted by Crippen LogP contribution is -2.40. The zero-order valence-corrected chi connectivity index (χ0v) is 27.0. The molecule has 0 bridgehead atoms. The molecule has 1 amide bonds. The van der Waals surface area contributed by atoms with Crippen LogP contribution in [0, 0.1) is 5.41 Å². The summed E-state index contributed by atoms with van der Waals surface area (Å²) in [5, 5.41) is 17.4. The Balaban J connectivity index is 1.39. The lowest BCUT2D eigenvalue weighted by Gasteiger charge is -2.33. The number of hydrogen-bond donors (Lipinski definition) is 2. The lowest BCUT2D eigenvalue weighted by molar-refractivity contribution is -0.127. The molecule has 0 aliphatic carbocycles. The molecule has 2 saturated heterocycles. The number of carbonyl (C=O) groups excluding carboxylic acids is 1. The van der Waals surface area contributed by atoms with Gasteiger partial charge in [0, 0.05) is 55.8 Å². The second kappa shape index (κ2) is 15.2. The van der Waals surface area contributed by atoms with E-state index in [4.69, 9.17) is 20.0 Å². The first kappa shape index (κ1) is 32.2. The van der Waals surface area contributed by atoms with Crippen molar-refractivity contribution in [3.63, 3.8) is 0 Å². The number of ether oxygens (including phenoxy) is 2. The molecule has 2 N–H and O–H groups in total. The molecule has 2 unspecified atom stereocenters. The van der Waals surface area contributed by atoms with Crippen LogP contribution in [0.2, 0.25) is 0 Å². The highest BCUT2D eigenvalue weighted by atomic mass is 16.5. The number of hydrogen-bond acceptors (Lipinski definition) is 7. The van der Waals surface area contributed by atoms with E-state index < -0.39 is 0 Å². The van der Waals surface area contributed by atoms with Crippen molar-refractivity contribution < 1.29 is 14.3 Å². The minimum atomic E-state index is -0.0280. The largest absolute Gasteiger partial charge is 0.457 e. The van der Waals surface area contributed by atoms with E-state index in [1.54, 1.807) is 13.0 Å². The van der Waals surface area contributed by atoms with Crippen molar-refractivity contribution in [1.82, 2.24) is 19.6 Å². The first-order valence-electron chi connectivity index (χ1n) is 16.0. The van der Waals surface area contributed by atoms with E-state index in [-0.39, 0.29) is 11.9 Å². The summed E-state index contributed by atoms with van der Waals surface area (Å²) in [7, 11) is 2.08. The molecule has 2 aliphatic heterocycles. The highest BCUT2D eigenvalue weighted by molar-refractivity contribution is 6.06. The molecule has 9 heteroatoms. The summed E-state index contributed by atoms with van der Waals surface area (Å²) in [6.07, 6.45) is 9.39. The van der Waals surface area contributed by atoms with Crippen molar-refractivity contribution in [2.75, 3.05) is 45.2 Å². The third-order valence-electron chi connectivity index (χ3n) is 8.64. The standard InChI is InChI=1S/C36H46N6O3/c1-5-26(2)23-38-36-34(27(3)37)35(28-15-17-32(18-16-28)45-31-12-7-6-8-13-31)39-42(36)29-11-9-21-41(24-29)33(43)14-10-20-40(4)30-19-22-44-25-30/h6-8,10,12-18,23,29-30,37-38H,5,9,11,19-22,24-25H2,1-4H3. The van der Waals surface area contributed by atoms with Crippen LogP contribution in [0.25, 0.3) is 11.3 Å². The van der Waals surface area contributed by atoms with Gasteiger partial charge in [-0.05, 0) is 83.0 Å². The molecule has 1 aromatic heterocycles. The number of nitrogens with one attached hydrogen (secondary N) is 2.